The van der Waals surface area contributed by atoms with Crippen LogP contribution >= 0.6 is 11.3 Å². The van der Waals surface area contributed by atoms with Gasteiger partial charge in [-0.05, 0) is 169 Å². The zero-order chi connectivity index (χ0) is 28.9. The van der Waals surface area contributed by atoms with Crippen LogP contribution in [0, 0.1) is 11.8 Å². The lowest BCUT2D eigenvalue weighted by Gasteiger charge is -2.60. The second kappa shape index (κ2) is 5.47. The summed E-state index contributed by atoms with van der Waals surface area (Å²) in [6.45, 7) is 0. The van der Waals surface area contributed by atoms with Gasteiger partial charge in [-0.3, -0.25) is 0 Å². The van der Waals surface area contributed by atoms with Crippen molar-refractivity contribution in [2.45, 2.75) is 60.2 Å². The van der Waals surface area contributed by atoms with Crippen molar-refractivity contribution in [2.75, 3.05) is 0 Å². The van der Waals surface area contributed by atoms with Crippen LogP contribution in [0.25, 0.3) is 71.1 Å². The van der Waals surface area contributed by atoms with Gasteiger partial charge >= 0.3 is 0 Å². The molecule has 6 aromatic carbocycles. The van der Waals surface area contributed by atoms with Gasteiger partial charge in [0.15, 0.2) is 0 Å². The van der Waals surface area contributed by atoms with Gasteiger partial charge in [-0.25, -0.2) is 0 Å². The Kier molecular flexibility index (Phi) is 2.43. The summed E-state index contributed by atoms with van der Waals surface area (Å²) in [5.74, 6) is 3.31. The van der Waals surface area contributed by atoms with Crippen molar-refractivity contribution in [2.24, 2.45) is 11.8 Å². The van der Waals surface area contributed by atoms with E-state index >= 15 is 0 Å². The van der Waals surface area contributed by atoms with Gasteiger partial charge in [0.05, 0.1) is 0 Å². The molecule has 0 bridgehead atoms. The van der Waals surface area contributed by atoms with Crippen LogP contribution in [-0.2, 0) is 23.7 Å². The van der Waals surface area contributed by atoms with Crippen LogP contribution in [0.3, 0.4) is 0 Å². The van der Waals surface area contributed by atoms with E-state index in [1.165, 1.54) is 25.7 Å². The van der Waals surface area contributed by atoms with Crippen LogP contribution in [-0.4, -0.2) is 0 Å². The molecule has 0 nitrogen and oxygen atoms in total. The lowest BCUT2D eigenvalue weighted by atomic mass is 9.41. The molecule has 1 heteroatoms. The van der Waals surface area contributed by atoms with Crippen LogP contribution in [0.5, 0.6) is 0 Å². The first-order valence-electron chi connectivity index (χ1n) is 18.3. The summed E-state index contributed by atoms with van der Waals surface area (Å²) in [4.78, 5) is 1.69. The van der Waals surface area contributed by atoms with E-state index in [2.05, 4.69) is 71.4 Å². The van der Waals surface area contributed by atoms with Gasteiger partial charge < -0.3 is 0 Å². The molecule has 7 aromatic rings. The third kappa shape index (κ3) is 1.45. The minimum atomic E-state index is 0.0814. The van der Waals surface area contributed by atoms with Crippen molar-refractivity contribution in [3.63, 3.8) is 0 Å². The first kappa shape index (κ1) is 20.9. The summed E-state index contributed by atoms with van der Waals surface area (Å²) in [6, 6.07) is 13.1. The van der Waals surface area contributed by atoms with Gasteiger partial charge in [0.2, 0.25) is 0 Å². The van der Waals surface area contributed by atoms with Crippen LogP contribution in [0.4, 0.5) is 0 Å². The first-order chi connectivity index (χ1) is 23.3. The highest BCUT2D eigenvalue weighted by Crippen LogP contribution is 2.81. The molecular formula is C46H24S. The zero-order valence-corrected chi connectivity index (χ0v) is 26.3. The summed E-state index contributed by atoms with van der Waals surface area (Å²) >= 11 is 2.06. The highest BCUT2D eigenvalue weighted by molar-refractivity contribution is 7.10. The van der Waals surface area contributed by atoms with E-state index in [1.807, 2.05) is 27.8 Å². The van der Waals surface area contributed by atoms with Crippen LogP contribution in [0.1, 0.15) is 91.5 Å². The molecule has 11 aliphatic carbocycles. The van der Waals surface area contributed by atoms with Crippen LogP contribution in [0.2, 0.25) is 0 Å². The fourth-order valence-electron chi connectivity index (χ4n) is 16.6. The van der Waals surface area contributed by atoms with E-state index in [4.69, 9.17) is 0 Å². The summed E-state index contributed by atoms with van der Waals surface area (Å²) < 4.78 is 0. The topological polar surface area (TPSA) is 0 Å². The van der Waals surface area contributed by atoms with Crippen LogP contribution in [0.15, 0.2) is 59.5 Å². The Bertz CT molecular complexity index is 3230. The molecule has 18 rings (SSSR count). The molecule has 1 saturated carbocycles. The van der Waals surface area contributed by atoms with Crippen molar-refractivity contribution in [3.8, 4) is 0 Å². The molecule has 214 valence electrons. The molecule has 47 heavy (non-hydrogen) atoms. The molecule has 0 amide bonds. The number of benzene rings is 4. The second-order valence-electron chi connectivity index (χ2n) is 17.5. The first-order valence-corrected chi connectivity index (χ1v) is 19.2. The summed E-state index contributed by atoms with van der Waals surface area (Å²) in [6.07, 6.45) is 15.7. The minimum Gasteiger partial charge on any atom is -0.149 e. The van der Waals surface area contributed by atoms with Crippen LogP contribution < -0.4 is 5.22 Å². The predicted molar refractivity (Wildman–Crippen MR) is 191 cm³/mol. The third-order valence-corrected chi connectivity index (χ3v) is 18.2. The van der Waals surface area contributed by atoms with E-state index in [1.54, 1.807) is 103 Å². The van der Waals surface area contributed by atoms with Gasteiger partial charge in [0.25, 0.3) is 0 Å². The average Bonchev–Trinajstić information content (AvgIpc) is 3.94. The lowest BCUT2D eigenvalue weighted by Crippen LogP contribution is -2.59. The van der Waals surface area contributed by atoms with E-state index in [9.17, 15) is 0 Å². The fourth-order valence-corrected chi connectivity index (χ4v) is 17.6. The lowest BCUT2D eigenvalue weighted by molar-refractivity contribution is 0.185. The van der Waals surface area contributed by atoms with Crippen molar-refractivity contribution in [3.05, 3.63) is 120 Å². The Morgan fingerprint density at radius 3 is 2.64 bits per heavy atom. The number of hydrogen-bond donors (Lipinski definition) is 0. The number of fused-ring (bicyclic) bond motifs is 5. The molecule has 0 radical (unpaired) electrons. The minimum absolute atomic E-state index is 0.0814. The van der Waals surface area contributed by atoms with Gasteiger partial charge in [-0.2, -0.15) is 0 Å². The highest BCUT2D eigenvalue weighted by atomic mass is 32.1. The van der Waals surface area contributed by atoms with Crippen molar-refractivity contribution >= 4 is 82.4 Å². The Morgan fingerprint density at radius 2 is 1.64 bits per heavy atom. The number of hydrogen-bond acceptors (Lipinski definition) is 1. The van der Waals surface area contributed by atoms with E-state index in [-0.39, 0.29) is 10.8 Å². The third-order valence-electron chi connectivity index (χ3n) is 17.2. The average molecular weight is 609 g/mol. The Balaban J connectivity index is 1.28. The fraction of sp³-hybridized carbons (Fsp3) is 0.261. The van der Waals surface area contributed by atoms with Gasteiger partial charge in [0.1, 0.15) is 0 Å². The number of rotatable bonds is 0. The second-order valence-corrected chi connectivity index (χ2v) is 18.5. The molecule has 1 heterocycles. The zero-order valence-electron chi connectivity index (χ0n) is 25.5. The maximum Gasteiger partial charge on any atom is 0.0338 e. The van der Waals surface area contributed by atoms with Crippen molar-refractivity contribution in [1.29, 1.82) is 0 Å². The van der Waals surface area contributed by atoms with E-state index in [0.717, 1.165) is 0 Å². The maximum atomic E-state index is 2.70. The largest absolute Gasteiger partial charge is 0.149 e. The standard InChI is InChI=1S/C46H24S/c1-3-18-20-5-7-22-24-9-10-25-23-8-6-21-19-4-2-17-16(1)27-29(18)36-31(20)33(22)43-41-39(36)38-35(27)28(17)30(19)37-32(21)34(23)44(42(41)40(37)38)46(25)14-26-15(11-12-47-26)13-45(24,43)46/h1-8,11-12,16-18,24,28-29H,9-10,13-14H2. The van der Waals surface area contributed by atoms with E-state index < -0.39 is 0 Å². The normalized spacial score (nSPS) is 36.9. The molecule has 1 fully saturated rings. The molecule has 8 atom stereocenters. The number of allylic oxidation sites excluding steroid dienone is 5. The van der Waals surface area contributed by atoms with Crippen molar-refractivity contribution < 1.29 is 0 Å². The summed E-state index contributed by atoms with van der Waals surface area (Å²) in [5, 5.41) is 21.2. The van der Waals surface area contributed by atoms with Gasteiger partial charge in [-0.1, -0.05) is 54.1 Å². The molecule has 0 N–H and O–H groups in total. The molecular weight excluding hydrogens is 585 g/mol. The van der Waals surface area contributed by atoms with E-state index in [0.29, 0.717) is 35.5 Å². The van der Waals surface area contributed by atoms with Gasteiger partial charge in [0, 0.05) is 39.4 Å². The predicted octanol–water partition coefficient (Wildman–Crippen LogP) is 9.90. The Hall–Kier alpha value is -4.20. The maximum absolute atomic E-state index is 2.70. The highest BCUT2D eigenvalue weighted by Gasteiger charge is 2.71. The summed E-state index contributed by atoms with van der Waals surface area (Å²) in [5.41, 5.74) is 21.3. The number of thiophene rings is 1. The molecule has 0 aliphatic heterocycles. The Morgan fingerprint density at radius 1 is 0.702 bits per heavy atom. The Labute approximate surface area is 273 Å². The molecule has 8 unspecified atom stereocenters. The monoisotopic (exact) mass is 608 g/mol. The molecule has 0 saturated heterocycles. The smallest absolute Gasteiger partial charge is 0.0338 e. The van der Waals surface area contributed by atoms with Crippen molar-refractivity contribution in [1.82, 2.24) is 0 Å². The molecule has 1 aromatic heterocycles. The quantitative estimate of drug-likeness (QED) is 0.150. The summed E-state index contributed by atoms with van der Waals surface area (Å²) in [7, 11) is 0. The van der Waals surface area contributed by atoms with Gasteiger partial charge in [-0.15, -0.1) is 11.3 Å². The SMILES string of the molecule is C1=CC2C3C=CC4c5ccc6c7c8c9c%10c(c57)C4C3=C3c%10c4c9c5c7c(ccc9c1c(c4c97)C32)=C1CCC6C82Cc3ccsc3CC152. The molecule has 2 spiro atoms. The molecule has 11 aliphatic rings.